The Morgan fingerprint density at radius 2 is 1.38 bits per heavy atom. The van der Waals surface area contributed by atoms with Crippen molar-refractivity contribution in [2.24, 2.45) is 11.5 Å². The molecule has 72 heavy (non-hydrogen) atoms. The molecule has 16 nitrogen and oxygen atoms in total. The molecule has 0 aliphatic rings. The number of ether oxygens (including phenoxy) is 2. The normalized spacial score (nSPS) is 12.2. The third-order valence-electron chi connectivity index (χ3n) is 11.7. The van der Waals surface area contributed by atoms with Gasteiger partial charge in [0.15, 0.2) is 0 Å². The molecule has 0 aliphatic heterocycles. The average molecular weight is 990 g/mol. The topological polar surface area (TPSA) is 270 Å². The Morgan fingerprint density at radius 1 is 0.708 bits per heavy atom. The van der Waals surface area contributed by atoms with E-state index in [9.17, 15) is 35.1 Å². The number of aromatic hydroxyl groups is 2. The summed E-state index contributed by atoms with van der Waals surface area (Å²) in [6, 6.07) is 32.4. The van der Waals surface area contributed by atoms with Crippen molar-refractivity contribution in [1.29, 1.82) is 0 Å². The lowest BCUT2D eigenvalue weighted by atomic mass is 10.0. The lowest BCUT2D eigenvalue weighted by molar-refractivity contribution is 0.126. The maximum absolute atomic E-state index is 11.6. The fourth-order valence-electron chi connectivity index (χ4n) is 7.92. The van der Waals surface area contributed by atoms with Gasteiger partial charge in [-0.1, -0.05) is 43.2 Å². The quantitative estimate of drug-likeness (QED) is 0.0209. The fraction of sp³-hybridized carbons (Fsp3) is 0.393. The van der Waals surface area contributed by atoms with Gasteiger partial charge in [-0.2, -0.15) is 0 Å². The fourth-order valence-corrected chi connectivity index (χ4v) is 7.92. The van der Waals surface area contributed by atoms with Crippen LogP contribution in [0.25, 0.3) is 10.9 Å². The van der Waals surface area contributed by atoms with Gasteiger partial charge in [0.25, 0.3) is 0 Å². The van der Waals surface area contributed by atoms with Crippen LogP contribution in [-0.4, -0.2) is 88.1 Å². The number of nitrogens with one attached hydrogen (secondary N) is 5. The monoisotopic (exact) mass is 990 g/mol. The standard InChI is InChI=1S/C29H34N4O4.C27H41N3O5/c1-29(2,30)18-37-22-9-7-21(8-10-22)32-20-5-3-19(4-6-20)15-16-31-17-26(35)23-11-13-25(34)28-24(23)12-14-27(36)33-28;1-20-14-21(16-24(15-20)30-27(28)34)8-4-7-13-35-12-6-3-2-5-11-29-18-26(33)22-9-10-25(32)23(17-22)19-31/h3-14,26,31-32,34-35H,15-18,30H2,1-2H3,(H,33,36);9-10,14-17,26,29,31-33H,2-8,11-13,18-19H2,1H3,(H3,28,30,34). The van der Waals surface area contributed by atoms with E-state index in [-0.39, 0.29) is 29.2 Å². The van der Waals surface area contributed by atoms with E-state index in [1.54, 1.807) is 24.3 Å². The van der Waals surface area contributed by atoms with Crippen LogP contribution in [0.5, 0.6) is 17.2 Å². The number of carbonyl (C=O) groups is 1. The van der Waals surface area contributed by atoms with Crippen molar-refractivity contribution >= 4 is 34.0 Å². The minimum absolute atomic E-state index is 0.0211. The van der Waals surface area contributed by atoms with Crippen LogP contribution in [0.2, 0.25) is 0 Å². The maximum Gasteiger partial charge on any atom is 0.316 e. The van der Waals surface area contributed by atoms with Crippen molar-refractivity contribution in [2.75, 3.05) is 56.6 Å². The minimum Gasteiger partial charge on any atom is -0.508 e. The number of nitrogens with two attached hydrogens (primary N) is 2. The number of aliphatic hydroxyl groups is 3. The van der Waals surface area contributed by atoms with Crippen molar-refractivity contribution < 1.29 is 39.8 Å². The molecule has 5 aromatic carbocycles. The van der Waals surface area contributed by atoms with E-state index in [4.69, 9.17) is 20.9 Å². The number of H-pyrrole nitrogens is 1. The van der Waals surface area contributed by atoms with E-state index in [1.807, 2.05) is 69.3 Å². The highest BCUT2D eigenvalue weighted by molar-refractivity contribution is 5.88. The average Bonchev–Trinajstić information content (AvgIpc) is 3.34. The number of phenols is 2. The van der Waals surface area contributed by atoms with Gasteiger partial charge in [-0.15, -0.1) is 0 Å². The number of fused-ring (bicyclic) bond motifs is 1. The maximum atomic E-state index is 11.6. The van der Waals surface area contributed by atoms with Crippen molar-refractivity contribution in [1.82, 2.24) is 15.6 Å². The van der Waals surface area contributed by atoms with Crippen molar-refractivity contribution in [3.05, 3.63) is 153 Å². The second-order valence-corrected chi connectivity index (χ2v) is 18.8. The smallest absolute Gasteiger partial charge is 0.316 e. The third kappa shape index (κ3) is 20.0. The van der Waals surface area contributed by atoms with E-state index in [2.05, 4.69) is 44.5 Å². The van der Waals surface area contributed by atoms with Gasteiger partial charge in [0, 0.05) is 65.9 Å². The zero-order chi connectivity index (χ0) is 51.9. The minimum atomic E-state index is -0.779. The van der Waals surface area contributed by atoms with Gasteiger partial charge in [-0.05, 0) is 173 Å². The van der Waals surface area contributed by atoms with Crippen molar-refractivity contribution in [3.63, 3.8) is 0 Å². The number of hydrogen-bond donors (Lipinski definition) is 12. The highest BCUT2D eigenvalue weighted by atomic mass is 16.5. The number of aliphatic hydroxyl groups excluding tert-OH is 3. The summed E-state index contributed by atoms with van der Waals surface area (Å²) in [6.07, 6.45) is 6.62. The molecule has 2 atom stereocenters. The van der Waals surface area contributed by atoms with Gasteiger partial charge in [-0.3, -0.25) is 4.79 Å². The number of benzene rings is 5. The van der Waals surface area contributed by atoms with Gasteiger partial charge in [0.2, 0.25) is 5.56 Å². The summed E-state index contributed by atoms with van der Waals surface area (Å²) in [5.74, 6) is 0.801. The van der Waals surface area contributed by atoms with E-state index in [0.717, 1.165) is 99.5 Å². The predicted octanol–water partition coefficient (Wildman–Crippen LogP) is 7.87. The summed E-state index contributed by atoms with van der Waals surface area (Å²) in [4.78, 5) is 25.2. The van der Waals surface area contributed by atoms with E-state index < -0.39 is 18.2 Å². The number of urea groups is 1. The highest BCUT2D eigenvalue weighted by Gasteiger charge is 2.15. The van der Waals surface area contributed by atoms with Crippen LogP contribution in [0.4, 0.5) is 21.9 Å². The summed E-state index contributed by atoms with van der Waals surface area (Å²) in [5.41, 5.74) is 18.7. The number of pyridine rings is 1. The molecule has 14 N–H and O–H groups in total. The van der Waals surface area contributed by atoms with Gasteiger partial charge in [0.05, 0.1) is 24.3 Å². The second-order valence-electron chi connectivity index (χ2n) is 18.8. The van der Waals surface area contributed by atoms with E-state index in [0.29, 0.717) is 53.8 Å². The summed E-state index contributed by atoms with van der Waals surface area (Å²) in [6.45, 7) is 9.89. The predicted molar refractivity (Wildman–Crippen MR) is 286 cm³/mol. The number of aromatic amines is 1. The molecule has 0 fully saturated rings. The number of aryl methyl sites for hydroxylation is 2. The Hall–Kier alpha value is -6.50. The molecule has 0 radical (unpaired) electrons. The van der Waals surface area contributed by atoms with Crippen LogP contribution in [0.15, 0.2) is 114 Å². The molecule has 1 aromatic heterocycles. The first-order valence-electron chi connectivity index (χ1n) is 24.7. The number of phenolic OH excluding ortho intramolecular Hbond substituents is 1. The Morgan fingerprint density at radius 3 is 2.08 bits per heavy atom. The largest absolute Gasteiger partial charge is 0.508 e. The van der Waals surface area contributed by atoms with Gasteiger partial charge >= 0.3 is 6.03 Å². The van der Waals surface area contributed by atoms with Crippen LogP contribution < -0.4 is 43.0 Å². The molecule has 6 rings (SSSR count). The summed E-state index contributed by atoms with van der Waals surface area (Å²) in [5, 5.41) is 62.9. The lowest BCUT2D eigenvalue weighted by Crippen LogP contribution is -2.38. The molecule has 1 heterocycles. The van der Waals surface area contributed by atoms with Gasteiger partial charge in [0.1, 0.15) is 23.9 Å². The molecule has 0 saturated carbocycles. The number of rotatable bonds is 28. The van der Waals surface area contributed by atoms with Crippen LogP contribution >= 0.6 is 0 Å². The van der Waals surface area contributed by atoms with Crippen LogP contribution in [-0.2, 0) is 24.2 Å². The Bertz CT molecular complexity index is 2640. The molecule has 2 unspecified atom stereocenters. The summed E-state index contributed by atoms with van der Waals surface area (Å²) < 4.78 is 11.5. The summed E-state index contributed by atoms with van der Waals surface area (Å²) in [7, 11) is 0. The first-order chi connectivity index (χ1) is 34.6. The van der Waals surface area contributed by atoms with Crippen molar-refractivity contribution in [3.8, 4) is 17.2 Å². The van der Waals surface area contributed by atoms with Crippen LogP contribution in [0, 0.1) is 6.92 Å². The van der Waals surface area contributed by atoms with E-state index >= 15 is 0 Å². The van der Waals surface area contributed by atoms with Gasteiger partial charge < -0.3 is 72.7 Å². The van der Waals surface area contributed by atoms with Crippen LogP contribution in [0.1, 0.15) is 98.0 Å². The summed E-state index contributed by atoms with van der Waals surface area (Å²) >= 11 is 0. The number of hydrogen-bond acceptors (Lipinski definition) is 13. The zero-order valence-electron chi connectivity index (χ0n) is 41.9. The van der Waals surface area contributed by atoms with Crippen molar-refractivity contribution in [2.45, 2.75) is 96.5 Å². The molecule has 0 spiro atoms. The second kappa shape index (κ2) is 29.1. The molecule has 0 bridgehead atoms. The number of anilines is 3. The first kappa shape index (κ1) is 56.4. The number of carbonyl (C=O) groups excluding carboxylic acids is 1. The van der Waals surface area contributed by atoms with Gasteiger partial charge in [-0.25, -0.2) is 4.79 Å². The van der Waals surface area contributed by atoms with Crippen LogP contribution in [0.3, 0.4) is 0 Å². The lowest BCUT2D eigenvalue weighted by Gasteiger charge is -2.19. The molecule has 0 saturated heterocycles. The third-order valence-corrected chi connectivity index (χ3v) is 11.7. The molecule has 2 amide bonds. The first-order valence-corrected chi connectivity index (χ1v) is 24.7. The molecular weight excluding hydrogens is 915 g/mol. The number of primary amides is 1. The Kier molecular flexibility index (Phi) is 22.8. The molecule has 388 valence electrons. The molecule has 16 heteroatoms. The zero-order valence-corrected chi connectivity index (χ0v) is 41.9. The SMILES string of the molecule is CC(C)(N)COc1ccc(Nc2ccc(CCNCC(O)c3ccc(O)c4[nH]c(=O)ccc34)cc2)cc1.Cc1cc(CCCCOCCCCCCNCC(O)c2ccc(O)c(CO)c2)cc(NC(N)=O)c1. The molecule has 6 aromatic rings. The number of aromatic nitrogens is 1. The van der Waals surface area contributed by atoms with E-state index in [1.165, 1.54) is 29.3 Å². The highest BCUT2D eigenvalue weighted by Crippen LogP contribution is 2.29. The number of unbranched alkanes of at least 4 members (excludes halogenated alkanes) is 4. The Labute approximate surface area is 422 Å². The molecular formula is C56H75N7O9. The Balaban J connectivity index is 0.000000268. The molecule has 0 aliphatic carbocycles. The number of amides is 2.